The Morgan fingerprint density at radius 1 is 1.29 bits per heavy atom. The van der Waals surface area contributed by atoms with E-state index >= 15 is 0 Å². The van der Waals surface area contributed by atoms with Crippen molar-refractivity contribution >= 4 is 47.0 Å². The summed E-state index contributed by atoms with van der Waals surface area (Å²) in [6, 6.07) is 3.94. The van der Waals surface area contributed by atoms with Crippen molar-refractivity contribution in [3.63, 3.8) is 0 Å². The summed E-state index contributed by atoms with van der Waals surface area (Å²) >= 11 is 0. The topological polar surface area (TPSA) is 144 Å². The first-order valence-electron chi connectivity index (χ1n) is 13.8. The van der Waals surface area contributed by atoms with Gasteiger partial charge in [0.15, 0.2) is 0 Å². The number of nitrogens with zero attached hydrogens (tertiary/aromatic N) is 2. The molecule has 220 valence electrons. The van der Waals surface area contributed by atoms with Crippen molar-refractivity contribution in [2.45, 2.75) is 68.7 Å². The lowest BCUT2D eigenvalue weighted by Gasteiger charge is -2.27. The van der Waals surface area contributed by atoms with Crippen molar-refractivity contribution in [2.75, 3.05) is 13.7 Å². The summed E-state index contributed by atoms with van der Waals surface area (Å²) < 4.78 is 11.8. The molecule has 5 atom stereocenters. The highest BCUT2D eigenvalue weighted by atomic mass is 35.5. The maximum atomic E-state index is 13.6. The van der Waals surface area contributed by atoms with Crippen molar-refractivity contribution in [1.82, 2.24) is 15.2 Å². The molecule has 2 aliphatic heterocycles. The highest BCUT2D eigenvalue weighted by Crippen LogP contribution is 2.45. The van der Waals surface area contributed by atoms with Crippen molar-refractivity contribution in [2.24, 2.45) is 11.7 Å². The Morgan fingerprint density at radius 2 is 2.10 bits per heavy atom. The maximum Gasteiger partial charge on any atom is 0.330 e. The third-order valence-corrected chi connectivity index (χ3v) is 8.24. The van der Waals surface area contributed by atoms with Gasteiger partial charge in [-0.2, -0.15) is 0 Å². The monoisotopic (exact) mass is 584 g/mol. The molecule has 5 rings (SSSR count). The number of pyridine rings is 1. The minimum atomic E-state index is -1.36. The quantitative estimate of drug-likeness (QED) is 0.453. The average Bonchev–Trinajstić information content (AvgIpc) is 3.48. The van der Waals surface area contributed by atoms with Gasteiger partial charge in [0.25, 0.3) is 0 Å². The molecule has 1 saturated heterocycles. The Labute approximate surface area is 245 Å². The third kappa shape index (κ3) is 6.04. The van der Waals surface area contributed by atoms with Crippen LogP contribution in [0.2, 0.25) is 0 Å². The number of hydrogen-bond donors (Lipinski definition) is 3. The molecule has 2 fully saturated rings. The number of hydrogen-bond acceptors (Lipinski definition) is 7. The van der Waals surface area contributed by atoms with Gasteiger partial charge in [-0.1, -0.05) is 37.6 Å². The van der Waals surface area contributed by atoms with Crippen LogP contribution in [-0.4, -0.2) is 70.2 Å². The summed E-state index contributed by atoms with van der Waals surface area (Å²) in [4.78, 5) is 45.1. The Bertz CT molecular complexity index is 1370. The van der Waals surface area contributed by atoms with E-state index in [2.05, 4.69) is 16.9 Å². The molecule has 41 heavy (non-hydrogen) atoms. The van der Waals surface area contributed by atoms with E-state index in [4.69, 9.17) is 15.2 Å². The van der Waals surface area contributed by atoms with E-state index in [1.54, 1.807) is 19.4 Å². The van der Waals surface area contributed by atoms with Crippen LogP contribution in [-0.2, 0) is 14.4 Å². The molecule has 3 aliphatic rings. The first-order chi connectivity index (χ1) is 19.3. The minimum Gasteiger partial charge on any atom is -0.496 e. The Morgan fingerprint density at radius 3 is 2.83 bits per heavy atom. The number of aromatic nitrogens is 1. The van der Waals surface area contributed by atoms with E-state index in [0.29, 0.717) is 24.5 Å². The van der Waals surface area contributed by atoms with Gasteiger partial charge in [-0.3, -0.25) is 9.59 Å². The van der Waals surface area contributed by atoms with Crippen LogP contribution in [0.15, 0.2) is 43.1 Å². The Balaban J connectivity index is 0.00000387. The fourth-order valence-corrected chi connectivity index (χ4v) is 5.82. The van der Waals surface area contributed by atoms with Gasteiger partial charge in [0.1, 0.15) is 23.4 Å². The van der Waals surface area contributed by atoms with Gasteiger partial charge in [0.2, 0.25) is 17.7 Å². The lowest BCUT2D eigenvalue weighted by Crippen LogP contribution is -2.55. The lowest BCUT2D eigenvalue weighted by atomic mass is 10.1. The van der Waals surface area contributed by atoms with E-state index in [-0.39, 0.29) is 37.2 Å². The molecule has 0 unspecified atom stereocenters. The van der Waals surface area contributed by atoms with Crippen molar-refractivity contribution in [3.8, 4) is 11.6 Å². The van der Waals surface area contributed by atoms with Crippen LogP contribution in [0.25, 0.3) is 16.8 Å². The first-order valence-corrected chi connectivity index (χ1v) is 13.8. The summed E-state index contributed by atoms with van der Waals surface area (Å²) in [5.41, 5.74) is 5.71. The van der Waals surface area contributed by atoms with E-state index in [1.807, 2.05) is 30.4 Å². The second-order valence-electron chi connectivity index (χ2n) is 10.9. The number of rotatable bonds is 5. The van der Waals surface area contributed by atoms with E-state index in [1.165, 1.54) is 4.90 Å². The minimum absolute atomic E-state index is 0. The van der Waals surface area contributed by atoms with Crippen LogP contribution < -0.4 is 20.5 Å². The molecule has 3 heterocycles. The summed E-state index contributed by atoms with van der Waals surface area (Å²) in [6.07, 6.45) is 11.1. The molecule has 1 aromatic heterocycles. The first kappa shape index (κ1) is 30.3. The zero-order valence-electron chi connectivity index (χ0n) is 23.1. The van der Waals surface area contributed by atoms with Crippen LogP contribution in [0.5, 0.6) is 11.6 Å². The number of fused-ring (bicyclic) bond motifs is 3. The number of allylic oxidation sites excluding steroid dienone is 1. The third-order valence-electron chi connectivity index (χ3n) is 8.24. The second kappa shape index (κ2) is 12.5. The number of carbonyl (C=O) groups excluding carboxylic acids is 2. The molecule has 11 heteroatoms. The summed E-state index contributed by atoms with van der Waals surface area (Å²) in [5.74, 6) is -1.17. The Hall–Kier alpha value is -3.63. The lowest BCUT2D eigenvalue weighted by molar-refractivity contribution is -0.145. The Kier molecular flexibility index (Phi) is 9.24. The van der Waals surface area contributed by atoms with Crippen LogP contribution in [0.4, 0.5) is 0 Å². The molecule has 2 aromatic rings. The fraction of sp³-hybridized carbons (Fsp3) is 0.467. The van der Waals surface area contributed by atoms with Gasteiger partial charge in [-0.05, 0) is 49.3 Å². The number of ether oxygens (including phenoxy) is 2. The zero-order chi connectivity index (χ0) is 28.4. The van der Waals surface area contributed by atoms with Crippen LogP contribution >= 0.6 is 12.4 Å². The van der Waals surface area contributed by atoms with Gasteiger partial charge in [-0.25, -0.2) is 9.78 Å². The molecule has 0 spiro atoms. The summed E-state index contributed by atoms with van der Waals surface area (Å²) in [7, 11) is 1.59. The standard InChI is InChI=1S/C30H36N4O6.ClH/c1-3-18-13-22-19(14-25(18)39-2)11-12-32-27(22)40-21-15-24-26(35)33-30(29(37)38)16-20(30)9-7-5-4-6-8-10-23(31)28(36)34(24)17-21;/h3,7,9,11-14,20-21,23-24H,1,4-6,8,10,15-17,31H2,2H3,(H,33,35)(H,37,38);1H/t20-,21-,23+,24+,30-;/m1./s1. The molecule has 1 aliphatic carbocycles. The molecular formula is C30H37ClN4O6. The smallest absolute Gasteiger partial charge is 0.330 e. The van der Waals surface area contributed by atoms with Gasteiger partial charge in [0.05, 0.1) is 19.7 Å². The van der Waals surface area contributed by atoms with Gasteiger partial charge < -0.3 is 30.5 Å². The number of carboxylic acid groups (broad SMARTS) is 1. The summed E-state index contributed by atoms with van der Waals surface area (Å²) in [5, 5.41) is 14.3. The second-order valence-corrected chi connectivity index (χ2v) is 10.9. The number of aliphatic carboxylic acids is 1. The number of nitrogens with two attached hydrogens (primary N) is 1. The van der Waals surface area contributed by atoms with Crippen LogP contribution in [0.3, 0.4) is 0 Å². The van der Waals surface area contributed by atoms with Crippen LogP contribution in [0.1, 0.15) is 50.5 Å². The molecule has 4 N–H and O–H groups in total. The molecule has 10 nitrogen and oxygen atoms in total. The average molecular weight is 585 g/mol. The summed E-state index contributed by atoms with van der Waals surface area (Å²) in [6.45, 7) is 3.99. The number of carboxylic acids is 1. The van der Waals surface area contributed by atoms with Crippen LogP contribution in [0, 0.1) is 5.92 Å². The van der Waals surface area contributed by atoms with Gasteiger partial charge >= 0.3 is 5.97 Å². The molecule has 1 saturated carbocycles. The maximum absolute atomic E-state index is 13.6. The van der Waals surface area contributed by atoms with Crippen molar-refractivity contribution in [1.29, 1.82) is 0 Å². The van der Waals surface area contributed by atoms with E-state index in [0.717, 1.165) is 42.0 Å². The number of benzene rings is 1. The van der Waals surface area contributed by atoms with E-state index in [9.17, 15) is 19.5 Å². The predicted octanol–water partition coefficient (Wildman–Crippen LogP) is 3.46. The molecule has 0 radical (unpaired) electrons. The normalized spacial score (nSPS) is 28.3. The number of carbonyl (C=O) groups is 3. The highest BCUT2D eigenvalue weighted by Gasteiger charge is 2.61. The predicted molar refractivity (Wildman–Crippen MR) is 157 cm³/mol. The molecule has 2 amide bonds. The van der Waals surface area contributed by atoms with Crippen molar-refractivity contribution in [3.05, 3.63) is 48.7 Å². The number of halogens is 1. The largest absolute Gasteiger partial charge is 0.496 e. The number of methoxy groups -OCH3 is 1. The van der Waals surface area contributed by atoms with Crippen molar-refractivity contribution < 1.29 is 29.0 Å². The fourth-order valence-electron chi connectivity index (χ4n) is 5.82. The molecule has 1 aromatic carbocycles. The van der Waals surface area contributed by atoms with Gasteiger partial charge in [-0.15, -0.1) is 12.4 Å². The highest BCUT2D eigenvalue weighted by molar-refractivity contribution is 5.95. The molecule has 0 bridgehead atoms. The molecular weight excluding hydrogens is 548 g/mol. The zero-order valence-corrected chi connectivity index (χ0v) is 23.9. The number of amides is 2. The SMILES string of the molecule is C=Cc1cc2c(O[C@@H]3C[C@H]4C(=O)N[C@]5(C(=O)O)C[C@H]5C=CCCCCC[C@H](N)C(=O)N4C3)nccc2cc1OC.Cl. The van der Waals surface area contributed by atoms with E-state index < -0.39 is 35.6 Å². The van der Waals surface area contributed by atoms with Gasteiger partial charge in [0, 0.05) is 29.5 Å². The number of nitrogens with one attached hydrogen (secondary N) is 1.